The van der Waals surface area contributed by atoms with Crippen molar-refractivity contribution in [2.24, 2.45) is 0 Å². The number of hydrogen-bond donors (Lipinski definition) is 0. The summed E-state index contributed by atoms with van der Waals surface area (Å²) in [6.07, 6.45) is 7.26. The Morgan fingerprint density at radius 1 is 0.957 bits per heavy atom. The maximum atomic E-state index is 13.1. The highest BCUT2D eigenvalue weighted by Crippen LogP contribution is 2.21. The van der Waals surface area contributed by atoms with Gasteiger partial charge in [0.05, 0.1) is 6.33 Å². The van der Waals surface area contributed by atoms with E-state index >= 15 is 0 Å². The van der Waals surface area contributed by atoms with E-state index in [-0.39, 0.29) is 24.0 Å². The summed E-state index contributed by atoms with van der Waals surface area (Å²) in [6, 6.07) is 12.6. The van der Waals surface area contributed by atoms with Gasteiger partial charge in [-0.3, -0.25) is 0 Å². The van der Waals surface area contributed by atoms with Gasteiger partial charge in [-0.15, -0.1) is 12.4 Å². The quantitative estimate of drug-likeness (QED) is 0.626. The van der Waals surface area contributed by atoms with Crippen molar-refractivity contribution in [3.05, 3.63) is 90.0 Å². The molecule has 0 aliphatic rings. The van der Waals surface area contributed by atoms with Crippen LogP contribution in [-0.2, 0) is 6.54 Å². The molecule has 0 aliphatic heterocycles. The first-order chi connectivity index (χ1) is 10.7. The molecule has 0 saturated carbocycles. The molecule has 0 fully saturated rings. The molecule has 1 heterocycles. The minimum absolute atomic E-state index is 0. The Morgan fingerprint density at radius 3 is 2.13 bits per heavy atom. The molecule has 0 unspecified atom stereocenters. The van der Waals surface area contributed by atoms with E-state index in [4.69, 9.17) is 0 Å². The van der Waals surface area contributed by atoms with Crippen LogP contribution in [0.25, 0.3) is 11.6 Å². The molecule has 0 atom stereocenters. The molecule has 3 aromatic rings. The van der Waals surface area contributed by atoms with Crippen molar-refractivity contribution in [1.82, 2.24) is 9.55 Å². The van der Waals surface area contributed by atoms with Gasteiger partial charge in [0.1, 0.15) is 11.6 Å². The lowest BCUT2D eigenvalue weighted by Gasteiger charge is -2.09. The number of imidazole rings is 1. The van der Waals surface area contributed by atoms with Crippen LogP contribution in [0.2, 0.25) is 0 Å². The van der Waals surface area contributed by atoms with E-state index in [2.05, 4.69) is 4.98 Å². The van der Waals surface area contributed by atoms with Gasteiger partial charge in [-0.25, -0.2) is 13.8 Å². The van der Waals surface area contributed by atoms with Gasteiger partial charge in [0.15, 0.2) is 0 Å². The molecular weight excluding hydrogens is 318 g/mol. The molecule has 0 N–H and O–H groups in total. The number of aromatic nitrogens is 2. The van der Waals surface area contributed by atoms with Gasteiger partial charge < -0.3 is 4.57 Å². The molecule has 23 heavy (non-hydrogen) atoms. The average molecular weight is 333 g/mol. The lowest BCUT2D eigenvalue weighted by molar-refractivity contribution is 0.627. The van der Waals surface area contributed by atoms with E-state index < -0.39 is 0 Å². The Kier molecular flexibility index (Phi) is 5.66. The topological polar surface area (TPSA) is 17.8 Å². The highest BCUT2D eigenvalue weighted by atomic mass is 35.5. The Morgan fingerprint density at radius 2 is 1.57 bits per heavy atom. The van der Waals surface area contributed by atoms with Crippen molar-refractivity contribution in [3.8, 4) is 0 Å². The highest BCUT2D eigenvalue weighted by Gasteiger charge is 2.04. The zero-order valence-electron chi connectivity index (χ0n) is 12.2. The van der Waals surface area contributed by atoms with Crippen LogP contribution in [0.15, 0.2) is 67.3 Å². The Balaban J connectivity index is 0.00000192. The summed E-state index contributed by atoms with van der Waals surface area (Å²) in [5.41, 5.74) is 2.80. The summed E-state index contributed by atoms with van der Waals surface area (Å²) in [5, 5.41) is 0. The maximum Gasteiger partial charge on any atom is 0.123 e. The molecule has 0 aliphatic carbocycles. The largest absolute Gasteiger partial charge is 0.333 e. The Hall–Kier alpha value is -2.46. The minimum atomic E-state index is -0.271. The van der Waals surface area contributed by atoms with Gasteiger partial charge in [-0.05, 0) is 47.0 Å². The third-order valence-corrected chi connectivity index (χ3v) is 3.34. The molecule has 0 saturated heterocycles. The van der Waals surface area contributed by atoms with E-state index in [0.717, 1.165) is 16.7 Å². The molecule has 5 heteroatoms. The number of allylic oxidation sites excluding steroid dienone is 1. The SMILES string of the molecule is Cl.Fc1ccc(C=C(Cn2ccnc2)c2ccc(F)cc2)cc1. The first kappa shape index (κ1) is 16.9. The third-order valence-electron chi connectivity index (χ3n) is 3.34. The van der Waals surface area contributed by atoms with Crippen molar-refractivity contribution < 1.29 is 8.78 Å². The summed E-state index contributed by atoms with van der Waals surface area (Å²) in [7, 11) is 0. The predicted octanol–water partition coefficient (Wildman–Crippen LogP) is 4.82. The second kappa shape index (κ2) is 7.70. The fraction of sp³-hybridized carbons (Fsp3) is 0.0556. The van der Waals surface area contributed by atoms with Crippen LogP contribution in [0, 0.1) is 11.6 Å². The van der Waals surface area contributed by atoms with Gasteiger partial charge in [0.25, 0.3) is 0 Å². The molecule has 3 rings (SSSR count). The summed E-state index contributed by atoms with van der Waals surface area (Å²) in [6.45, 7) is 0.600. The number of hydrogen-bond acceptors (Lipinski definition) is 1. The maximum absolute atomic E-state index is 13.1. The van der Waals surface area contributed by atoms with Crippen LogP contribution in [0.5, 0.6) is 0 Å². The van der Waals surface area contributed by atoms with Crippen LogP contribution in [0.4, 0.5) is 8.78 Å². The molecule has 0 spiro atoms. The normalized spacial score (nSPS) is 11.1. The first-order valence-corrected chi connectivity index (χ1v) is 6.88. The second-order valence-electron chi connectivity index (χ2n) is 4.96. The molecule has 1 aromatic heterocycles. The van der Waals surface area contributed by atoms with Crippen molar-refractivity contribution in [3.63, 3.8) is 0 Å². The van der Waals surface area contributed by atoms with Crippen molar-refractivity contribution >= 4 is 24.1 Å². The minimum Gasteiger partial charge on any atom is -0.333 e. The van der Waals surface area contributed by atoms with E-state index in [9.17, 15) is 8.78 Å². The molecule has 0 amide bonds. The predicted molar refractivity (Wildman–Crippen MR) is 90.1 cm³/mol. The zero-order chi connectivity index (χ0) is 15.4. The Bertz CT molecular complexity index is 764. The first-order valence-electron chi connectivity index (χ1n) is 6.88. The lowest BCUT2D eigenvalue weighted by atomic mass is 10.0. The van der Waals surface area contributed by atoms with Gasteiger partial charge in [0.2, 0.25) is 0 Å². The fourth-order valence-electron chi connectivity index (χ4n) is 2.22. The van der Waals surface area contributed by atoms with Crippen LogP contribution < -0.4 is 0 Å². The highest BCUT2D eigenvalue weighted by molar-refractivity contribution is 5.85. The number of nitrogens with zero attached hydrogens (tertiary/aromatic N) is 2. The summed E-state index contributed by atoms with van der Waals surface area (Å²) >= 11 is 0. The standard InChI is InChI=1S/C18H14F2N2.ClH/c19-17-5-1-14(2-6-17)11-16(12-22-10-9-21-13-22)15-3-7-18(20)8-4-15;/h1-11,13H,12H2;1H. The fourth-order valence-corrected chi connectivity index (χ4v) is 2.22. The van der Waals surface area contributed by atoms with Gasteiger partial charge >= 0.3 is 0 Å². The summed E-state index contributed by atoms with van der Waals surface area (Å²) in [5.74, 6) is -0.539. The van der Waals surface area contributed by atoms with Gasteiger partial charge in [-0.1, -0.05) is 24.3 Å². The summed E-state index contributed by atoms with van der Waals surface area (Å²) < 4.78 is 28.1. The second-order valence-corrected chi connectivity index (χ2v) is 4.96. The molecule has 2 aromatic carbocycles. The van der Waals surface area contributed by atoms with Crippen LogP contribution in [-0.4, -0.2) is 9.55 Å². The number of halogens is 3. The van der Waals surface area contributed by atoms with Gasteiger partial charge in [-0.2, -0.15) is 0 Å². The number of benzene rings is 2. The van der Waals surface area contributed by atoms with Crippen molar-refractivity contribution in [2.45, 2.75) is 6.54 Å². The van der Waals surface area contributed by atoms with Gasteiger partial charge in [0, 0.05) is 18.9 Å². The van der Waals surface area contributed by atoms with E-state index in [1.807, 2.05) is 16.8 Å². The van der Waals surface area contributed by atoms with E-state index in [1.54, 1.807) is 36.8 Å². The smallest absolute Gasteiger partial charge is 0.123 e. The molecule has 0 bridgehead atoms. The van der Waals surface area contributed by atoms with Crippen LogP contribution in [0.3, 0.4) is 0 Å². The van der Waals surface area contributed by atoms with Crippen LogP contribution in [0.1, 0.15) is 11.1 Å². The van der Waals surface area contributed by atoms with Crippen molar-refractivity contribution in [1.29, 1.82) is 0 Å². The van der Waals surface area contributed by atoms with E-state index in [1.165, 1.54) is 24.3 Å². The van der Waals surface area contributed by atoms with Crippen molar-refractivity contribution in [2.75, 3.05) is 0 Å². The van der Waals surface area contributed by atoms with E-state index in [0.29, 0.717) is 6.54 Å². The molecule has 118 valence electrons. The monoisotopic (exact) mass is 332 g/mol. The Labute approximate surface area is 139 Å². The van der Waals surface area contributed by atoms with Crippen LogP contribution >= 0.6 is 12.4 Å². The average Bonchev–Trinajstić information content (AvgIpc) is 3.03. The third kappa shape index (κ3) is 4.50. The number of rotatable bonds is 4. The molecular formula is C18H15ClF2N2. The summed E-state index contributed by atoms with van der Waals surface area (Å²) in [4.78, 5) is 4.03. The lowest BCUT2D eigenvalue weighted by Crippen LogP contribution is -1.98. The molecule has 0 radical (unpaired) electrons. The zero-order valence-corrected chi connectivity index (χ0v) is 13.0. The molecule has 2 nitrogen and oxygen atoms in total.